The van der Waals surface area contributed by atoms with Crippen molar-refractivity contribution < 1.29 is 13.9 Å². The molecule has 1 N–H and O–H groups in total. The Kier molecular flexibility index (Phi) is 5.73. The smallest absolute Gasteiger partial charge is 0.341 e. The number of aliphatic imine (C=N–C) groups is 1. The number of thioether (sulfide) groups is 1. The fraction of sp³-hybridized carbons (Fsp3) is 0.357. The van der Waals surface area contributed by atoms with Crippen LogP contribution in [0.1, 0.15) is 31.1 Å². The molecule has 0 spiro atoms. The first-order chi connectivity index (χ1) is 9.76. The van der Waals surface area contributed by atoms with Crippen molar-refractivity contribution in [3.8, 4) is 6.19 Å². The second kappa shape index (κ2) is 7.09. The number of nitrogens with one attached hydrogen (secondary N) is 1. The lowest BCUT2D eigenvalue weighted by atomic mass is 10.1. The second-order valence-corrected chi connectivity index (χ2v) is 5.82. The Balaban J connectivity index is 3.11. The number of hydrogen-bond acceptors (Lipinski definition) is 5. The number of nitrogens with zero attached hydrogens (tertiary/aromatic N) is 2. The summed E-state index contributed by atoms with van der Waals surface area (Å²) < 4.78 is 18.9. The van der Waals surface area contributed by atoms with E-state index in [1.165, 1.54) is 23.9 Å². The average Bonchev–Trinajstić information content (AvgIpc) is 2.38. The molecular weight excluding hydrogens is 293 g/mol. The first-order valence-electron chi connectivity index (χ1n) is 6.07. The van der Waals surface area contributed by atoms with Crippen LogP contribution in [-0.4, -0.2) is 23.0 Å². The summed E-state index contributed by atoms with van der Waals surface area (Å²) in [7, 11) is 0. The molecule has 0 radical (unpaired) electrons. The number of benzene rings is 1. The number of nitriles is 1. The molecule has 0 aliphatic carbocycles. The van der Waals surface area contributed by atoms with Crippen molar-refractivity contribution in [2.24, 2.45) is 4.99 Å². The first kappa shape index (κ1) is 17.0. The summed E-state index contributed by atoms with van der Waals surface area (Å²) in [5.74, 6) is -1.43. The maximum absolute atomic E-state index is 13.7. The summed E-state index contributed by atoms with van der Waals surface area (Å²) in [6.07, 6.45) is 3.49. The zero-order valence-corrected chi connectivity index (χ0v) is 13.0. The number of hydrogen-bond donors (Lipinski definition) is 1. The standard InChI is InChI=1S/C14H16FN3O2S/c1-14(2,3)20-12(19)10-7-9(5-6-11(10)15)18-13(21-4)17-8-16/h5-7H,1-4H3,(H,17,18). The zero-order chi connectivity index (χ0) is 16.0. The molecule has 1 aromatic carbocycles. The largest absolute Gasteiger partial charge is 0.456 e. The number of ether oxygens (including phenoxy) is 1. The topological polar surface area (TPSA) is 74.5 Å². The van der Waals surface area contributed by atoms with Gasteiger partial charge in [0, 0.05) is 0 Å². The Hall–Kier alpha value is -2.07. The zero-order valence-electron chi connectivity index (χ0n) is 12.2. The number of rotatable bonds is 2. The Bertz CT molecular complexity index is 603. The van der Waals surface area contributed by atoms with Gasteiger partial charge in [0.15, 0.2) is 11.4 Å². The quantitative estimate of drug-likeness (QED) is 0.298. The van der Waals surface area contributed by atoms with Crippen LogP contribution < -0.4 is 5.32 Å². The van der Waals surface area contributed by atoms with Crippen LogP contribution in [0.5, 0.6) is 0 Å². The molecule has 5 nitrogen and oxygen atoms in total. The van der Waals surface area contributed by atoms with Crippen LogP contribution in [0.25, 0.3) is 0 Å². The molecule has 0 aliphatic heterocycles. The normalized spacial score (nSPS) is 11.7. The van der Waals surface area contributed by atoms with Crippen LogP contribution in [0.15, 0.2) is 23.2 Å². The fourth-order valence-corrected chi connectivity index (χ4v) is 1.71. The van der Waals surface area contributed by atoms with Gasteiger partial charge in [-0.3, -0.25) is 5.32 Å². The van der Waals surface area contributed by atoms with E-state index in [2.05, 4.69) is 10.3 Å². The van der Waals surface area contributed by atoms with Gasteiger partial charge in [0.1, 0.15) is 11.4 Å². The molecule has 0 aromatic heterocycles. The van der Waals surface area contributed by atoms with Gasteiger partial charge in [0.05, 0.1) is 11.3 Å². The summed E-state index contributed by atoms with van der Waals surface area (Å²) in [4.78, 5) is 16.0. The maximum atomic E-state index is 13.7. The van der Waals surface area contributed by atoms with Crippen molar-refractivity contribution in [1.29, 1.82) is 5.26 Å². The van der Waals surface area contributed by atoms with E-state index >= 15 is 0 Å². The summed E-state index contributed by atoms with van der Waals surface area (Å²) in [5.41, 5.74) is -0.553. The third-order valence-electron chi connectivity index (χ3n) is 2.16. The molecule has 7 heteroatoms. The molecule has 0 bridgehead atoms. The molecule has 0 saturated heterocycles. The van der Waals surface area contributed by atoms with Gasteiger partial charge in [-0.05, 0) is 45.2 Å². The Labute approximate surface area is 127 Å². The number of esters is 1. The molecule has 0 unspecified atom stereocenters. The molecule has 0 atom stereocenters. The Morgan fingerprint density at radius 2 is 2.14 bits per heavy atom. The van der Waals surface area contributed by atoms with Gasteiger partial charge in [0.25, 0.3) is 0 Å². The molecule has 112 valence electrons. The number of amidine groups is 1. The third-order valence-corrected chi connectivity index (χ3v) is 2.74. The van der Waals surface area contributed by atoms with Gasteiger partial charge >= 0.3 is 5.97 Å². The van der Waals surface area contributed by atoms with Gasteiger partial charge in [-0.25, -0.2) is 14.2 Å². The van der Waals surface area contributed by atoms with Crippen LogP contribution in [0.2, 0.25) is 0 Å². The van der Waals surface area contributed by atoms with E-state index < -0.39 is 17.4 Å². The third kappa shape index (κ3) is 5.44. The van der Waals surface area contributed by atoms with Crippen molar-refractivity contribution >= 4 is 28.6 Å². The molecule has 0 fully saturated rings. The highest BCUT2D eigenvalue weighted by Gasteiger charge is 2.21. The molecule has 0 saturated carbocycles. The lowest BCUT2D eigenvalue weighted by molar-refractivity contribution is 0.00648. The SMILES string of the molecule is CSC(=Nc1ccc(F)c(C(=O)OC(C)(C)C)c1)NC#N. The van der Waals surface area contributed by atoms with Crippen molar-refractivity contribution in [1.82, 2.24) is 5.32 Å². The predicted octanol–water partition coefficient (Wildman–Crippen LogP) is 3.20. The summed E-state index contributed by atoms with van der Waals surface area (Å²) in [6, 6.07) is 3.85. The van der Waals surface area contributed by atoms with Crippen molar-refractivity contribution in [2.45, 2.75) is 26.4 Å². The average molecular weight is 309 g/mol. The van der Waals surface area contributed by atoms with Crippen LogP contribution in [0, 0.1) is 17.3 Å². The van der Waals surface area contributed by atoms with Crippen molar-refractivity contribution in [2.75, 3.05) is 6.26 Å². The van der Waals surface area contributed by atoms with E-state index in [9.17, 15) is 9.18 Å². The molecule has 0 amide bonds. The molecule has 0 heterocycles. The van der Waals surface area contributed by atoms with Crippen molar-refractivity contribution in [3.05, 3.63) is 29.6 Å². The second-order valence-electron chi connectivity index (χ2n) is 5.02. The predicted molar refractivity (Wildman–Crippen MR) is 80.9 cm³/mol. The highest BCUT2D eigenvalue weighted by Crippen LogP contribution is 2.21. The highest BCUT2D eigenvalue weighted by atomic mass is 32.2. The monoisotopic (exact) mass is 309 g/mol. The fourth-order valence-electron chi connectivity index (χ4n) is 1.36. The summed E-state index contributed by atoms with van der Waals surface area (Å²) in [6.45, 7) is 5.11. The molecule has 21 heavy (non-hydrogen) atoms. The van der Waals surface area contributed by atoms with Gasteiger partial charge in [0.2, 0.25) is 0 Å². The van der Waals surface area contributed by atoms with Gasteiger partial charge in [-0.15, -0.1) is 0 Å². The van der Waals surface area contributed by atoms with E-state index in [0.29, 0.717) is 10.9 Å². The highest BCUT2D eigenvalue weighted by molar-refractivity contribution is 8.13. The maximum Gasteiger partial charge on any atom is 0.341 e. The van der Waals surface area contributed by atoms with Crippen LogP contribution in [-0.2, 0) is 4.74 Å². The molecule has 1 aromatic rings. The summed E-state index contributed by atoms with van der Waals surface area (Å²) in [5, 5.41) is 11.3. The number of halogens is 1. The molecular formula is C14H16FN3O2S. The minimum absolute atomic E-state index is 0.191. The van der Waals surface area contributed by atoms with E-state index in [4.69, 9.17) is 10.00 Å². The Morgan fingerprint density at radius 3 is 2.67 bits per heavy atom. The van der Waals surface area contributed by atoms with E-state index in [-0.39, 0.29) is 5.56 Å². The minimum atomic E-state index is -0.754. The lowest BCUT2D eigenvalue weighted by Gasteiger charge is -2.19. The lowest BCUT2D eigenvalue weighted by Crippen LogP contribution is -2.24. The first-order valence-corrected chi connectivity index (χ1v) is 7.30. The van der Waals surface area contributed by atoms with Gasteiger partial charge < -0.3 is 4.74 Å². The number of carbonyl (C=O) groups is 1. The molecule has 0 aliphatic rings. The number of carbonyl (C=O) groups excluding carboxylic acids is 1. The minimum Gasteiger partial charge on any atom is -0.456 e. The van der Waals surface area contributed by atoms with E-state index in [1.807, 2.05) is 0 Å². The van der Waals surface area contributed by atoms with E-state index in [0.717, 1.165) is 6.07 Å². The van der Waals surface area contributed by atoms with Crippen LogP contribution in [0.4, 0.5) is 10.1 Å². The van der Waals surface area contributed by atoms with E-state index in [1.54, 1.807) is 33.2 Å². The van der Waals surface area contributed by atoms with Crippen LogP contribution >= 0.6 is 11.8 Å². The molecule has 1 rings (SSSR count). The van der Waals surface area contributed by atoms with Crippen molar-refractivity contribution in [3.63, 3.8) is 0 Å². The Morgan fingerprint density at radius 1 is 1.48 bits per heavy atom. The van der Waals surface area contributed by atoms with Crippen LogP contribution in [0.3, 0.4) is 0 Å². The van der Waals surface area contributed by atoms with Gasteiger partial charge in [-0.2, -0.15) is 5.26 Å². The van der Waals surface area contributed by atoms with Gasteiger partial charge in [-0.1, -0.05) is 11.8 Å². The summed E-state index contributed by atoms with van der Waals surface area (Å²) >= 11 is 1.22.